The summed E-state index contributed by atoms with van der Waals surface area (Å²) < 4.78 is 35.8. The molecule has 1 atom stereocenters. The van der Waals surface area contributed by atoms with Crippen LogP contribution in [0.4, 0.5) is 13.2 Å². The van der Waals surface area contributed by atoms with Crippen molar-refractivity contribution in [1.82, 2.24) is 0 Å². The van der Waals surface area contributed by atoms with E-state index in [2.05, 4.69) is 0 Å². The smallest absolute Gasteiger partial charge is 0.241 e. The average Bonchev–Trinajstić information content (AvgIpc) is 1.86. The number of halogens is 3. The maximum absolute atomic E-state index is 11.9. The average molecular weight is 123 g/mol. The summed E-state index contributed by atoms with van der Waals surface area (Å²) in [5, 5.41) is 0. The normalized spacial score (nSPS) is 35.6. The molecule has 0 nitrogen and oxygen atoms in total. The van der Waals surface area contributed by atoms with Gasteiger partial charge in [-0.15, -0.1) is 0 Å². The highest BCUT2D eigenvalue weighted by molar-refractivity contribution is 4.96. The molecule has 0 amide bonds. The van der Waals surface area contributed by atoms with Crippen molar-refractivity contribution in [2.24, 2.45) is 0 Å². The summed E-state index contributed by atoms with van der Waals surface area (Å²) >= 11 is 0. The lowest BCUT2D eigenvalue weighted by molar-refractivity contribution is -0.0430. The van der Waals surface area contributed by atoms with Crippen LogP contribution in [0.5, 0.6) is 0 Å². The Hall–Kier alpha value is -0.210. The molecule has 0 N–H and O–H groups in total. The van der Waals surface area contributed by atoms with Gasteiger partial charge in [0.2, 0.25) is 0 Å². The van der Waals surface area contributed by atoms with E-state index in [-0.39, 0.29) is 12.8 Å². The number of rotatable bonds is 0. The second-order valence-electron chi connectivity index (χ2n) is 1.94. The van der Waals surface area contributed by atoms with E-state index in [0.717, 1.165) is 6.42 Å². The van der Waals surface area contributed by atoms with Crippen molar-refractivity contribution in [3.8, 4) is 0 Å². The van der Waals surface area contributed by atoms with Crippen molar-refractivity contribution in [3.63, 3.8) is 0 Å². The van der Waals surface area contributed by atoms with E-state index in [9.17, 15) is 13.2 Å². The van der Waals surface area contributed by atoms with Gasteiger partial charge in [0.1, 0.15) is 0 Å². The molecule has 8 heavy (non-hydrogen) atoms. The number of alkyl halides is 3. The Balaban J connectivity index is 2.54. The molecule has 3 heteroatoms. The zero-order valence-corrected chi connectivity index (χ0v) is 4.20. The number of hydrogen-bond acceptors (Lipinski definition) is 0. The largest absolute Gasteiger partial charge is 0.279 e. The summed E-state index contributed by atoms with van der Waals surface area (Å²) in [6.07, 6.45) is -1.11. The topological polar surface area (TPSA) is 0 Å². The minimum Gasteiger partial charge on any atom is -0.241 e. The van der Waals surface area contributed by atoms with Crippen molar-refractivity contribution in [2.75, 3.05) is 0 Å². The van der Waals surface area contributed by atoms with Crippen LogP contribution in [0, 0.1) is 6.42 Å². The van der Waals surface area contributed by atoms with Crippen LogP contribution in [0.25, 0.3) is 0 Å². The molecule has 0 aromatic heterocycles. The Morgan fingerprint density at radius 2 is 2.12 bits per heavy atom. The first kappa shape index (κ1) is 5.92. The zero-order valence-electron chi connectivity index (χ0n) is 4.20. The Kier molecular flexibility index (Phi) is 1.21. The third kappa shape index (κ3) is 0.812. The predicted octanol–water partition coefficient (Wildman–Crippen LogP) is 1.96. The van der Waals surface area contributed by atoms with E-state index in [4.69, 9.17) is 0 Å². The minimum absolute atomic E-state index is 0.203. The molecule has 47 valence electrons. The molecular weight excluding hydrogens is 117 g/mol. The van der Waals surface area contributed by atoms with Crippen LogP contribution in [0.2, 0.25) is 0 Å². The molecule has 1 unspecified atom stereocenters. The summed E-state index contributed by atoms with van der Waals surface area (Å²) in [4.78, 5) is 0. The van der Waals surface area contributed by atoms with Gasteiger partial charge < -0.3 is 0 Å². The standard InChI is InChI=1S/C5H6F3/c6-4-2-1-3-5(4,7)8/h2,4H,1,3H2. The third-order valence-corrected chi connectivity index (χ3v) is 1.25. The molecule has 1 saturated carbocycles. The van der Waals surface area contributed by atoms with Crippen LogP contribution in [0.1, 0.15) is 12.8 Å². The lowest BCUT2D eigenvalue weighted by atomic mass is 10.3. The highest BCUT2D eigenvalue weighted by Crippen LogP contribution is 2.36. The third-order valence-electron chi connectivity index (χ3n) is 1.25. The number of hydrogen-bond donors (Lipinski definition) is 0. The van der Waals surface area contributed by atoms with Gasteiger partial charge in [0, 0.05) is 12.8 Å². The van der Waals surface area contributed by atoms with E-state index in [1.54, 1.807) is 0 Å². The summed E-state index contributed by atoms with van der Waals surface area (Å²) in [5.41, 5.74) is 0. The van der Waals surface area contributed by atoms with Gasteiger partial charge in [-0.1, -0.05) is 0 Å². The van der Waals surface area contributed by atoms with Crippen LogP contribution < -0.4 is 0 Å². The maximum atomic E-state index is 11.9. The molecule has 0 heterocycles. The Morgan fingerprint density at radius 3 is 2.25 bits per heavy atom. The predicted molar refractivity (Wildman–Crippen MR) is 23.4 cm³/mol. The van der Waals surface area contributed by atoms with Crippen LogP contribution in [0.15, 0.2) is 0 Å². The zero-order chi connectivity index (χ0) is 6.20. The fourth-order valence-corrected chi connectivity index (χ4v) is 0.732. The van der Waals surface area contributed by atoms with Crippen molar-refractivity contribution < 1.29 is 13.2 Å². The highest BCUT2D eigenvalue weighted by atomic mass is 19.3. The highest BCUT2D eigenvalue weighted by Gasteiger charge is 2.44. The molecule has 0 aromatic carbocycles. The van der Waals surface area contributed by atoms with Gasteiger partial charge in [-0.2, -0.15) is 0 Å². The SMILES string of the molecule is FC1[CH]CCC1(F)F. The van der Waals surface area contributed by atoms with Gasteiger partial charge in [-0.05, 0) is 6.42 Å². The van der Waals surface area contributed by atoms with Gasteiger partial charge in [-0.25, -0.2) is 13.2 Å². The van der Waals surface area contributed by atoms with Crippen LogP contribution in [-0.2, 0) is 0 Å². The summed E-state index contributed by atoms with van der Waals surface area (Å²) in [5.74, 6) is -3.07. The molecule has 1 radical (unpaired) electrons. The molecule has 0 bridgehead atoms. The molecule has 1 aliphatic carbocycles. The molecule has 1 fully saturated rings. The molecular formula is C5H6F3. The molecule has 1 aliphatic rings. The molecule has 1 rings (SSSR count). The lowest BCUT2D eigenvalue weighted by Crippen LogP contribution is -2.22. The fraction of sp³-hybridized carbons (Fsp3) is 0.800. The van der Waals surface area contributed by atoms with Gasteiger partial charge >= 0.3 is 0 Å². The second kappa shape index (κ2) is 1.64. The van der Waals surface area contributed by atoms with Crippen molar-refractivity contribution in [2.45, 2.75) is 24.9 Å². The second-order valence-corrected chi connectivity index (χ2v) is 1.94. The Morgan fingerprint density at radius 1 is 1.50 bits per heavy atom. The van der Waals surface area contributed by atoms with Crippen molar-refractivity contribution in [3.05, 3.63) is 6.42 Å². The molecule has 0 spiro atoms. The van der Waals surface area contributed by atoms with Crippen LogP contribution in [0.3, 0.4) is 0 Å². The van der Waals surface area contributed by atoms with Gasteiger partial charge in [-0.3, -0.25) is 0 Å². The Labute approximate surface area is 45.7 Å². The monoisotopic (exact) mass is 123 g/mol. The van der Waals surface area contributed by atoms with Gasteiger partial charge in [0.05, 0.1) is 0 Å². The van der Waals surface area contributed by atoms with Crippen LogP contribution in [-0.4, -0.2) is 12.1 Å². The molecule has 0 saturated heterocycles. The minimum atomic E-state index is -3.07. The van der Waals surface area contributed by atoms with E-state index in [0.29, 0.717) is 0 Å². The summed E-state index contributed by atoms with van der Waals surface area (Å²) in [6, 6.07) is 0. The van der Waals surface area contributed by atoms with E-state index in [1.807, 2.05) is 0 Å². The first-order valence-corrected chi connectivity index (χ1v) is 2.48. The van der Waals surface area contributed by atoms with Crippen LogP contribution >= 0.6 is 0 Å². The van der Waals surface area contributed by atoms with Crippen molar-refractivity contribution in [1.29, 1.82) is 0 Å². The molecule has 0 aliphatic heterocycles. The van der Waals surface area contributed by atoms with E-state index < -0.39 is 12.1 Å². The first-order chi connectivity index (χ1) is 3.63. The maximum Gasteiger partial charge on any atom is 0.279 e. The lowest BCUT2D eigenvalue weighted by Gasteiger charge is -2.08. The Bertz CT molecular complexity index is 89.7. The van der Waals surface area contributed by atoms with E-state index >= 15 is 0 Å². The van der Waals surface area contributed by atoms with Crippen molar-refractivity contribution >= 4 is 0 Å². The van der Waals surface area contributed by atoms with Gasteiger partial charge in [0.15, 0.2) is 6.17 Å². The van der Waals surface area contributed by atoms with Gasteiger partial charge in [0.25, 0.3) is 5.92 Å². The van der Waals surface area contributed by atoms with E-state index in [1.165, 1.54) is 0 Å². The summed E-state index contributed by atoms with van der Waals surface area (Å²) in [6.45, 7) is 0. The first-order valence-electron chi connectivity index (χ1n) is 2.48. The summed E-state index contributed by atoms with van der Waals surface area (Å²) in [7, 11) is 0. The quantitative estimate of drug-likeness (QED) is 0.462. The fourth-order valence-electron chi connectivity index (χ4n) is 0.732. The molecule has 0 aromatic rings.